The Morgan fingerprint density at radius 1 is 1.05 bits per heavy atom. The van der Waals surface area contributed by atoms with E-state index in [1.165, 1.54) is 30.4 Å². The Morgan fingerprint density at radius 3 is 2.68 bits per heavy atom. The molecule has 1 saturated carbocycles. The Labute approximate surface area is 114 Å². The molecule has 1 fully saturated rings. The summed E-state index contributed by atoms with van der Waals surface area (Å²) in [5, 5.41) is 0. The summed E-state index contributed by atoms with van der Waals surface area (Å²) >= 11 is 0. The van der Waals surface area contributed by atoms with Crippen molar-refractivity contribution in [3.05, 3.63) is 60.1 Å². The van der Waals surface area contributed by atoms with E-state index in [4.69, 9.17) is 9.15 Å². The topological polar surface area (TPSA) is 22.4 Å². The first kappa shape index (κ1) is 12.5. The first-order valence-electron chi connectivity index (χ1n) is 7.11. The molecule has 1 heterocycles. The molecule has 1 aliphatic rings. The Kier molecular flexibility index (Phi) is 3.99. The molecule has 0 spiro atoms. The van der Waals surface area contributed by atoms with Crippen LogP contribution in [0.15, 0.2) is 53.3 Å². The van der Waals surface area contributed by atoms with E-state index in [9.17, 15) is 0 Å². The predicted molar refractivity (Wildman–Crippen MR) is 74.9 cm³/mol. The average molecular weight is 256 g/mol. The van der Waals surface area contributed by atoms with Gasteiger partial charge in [-0.2, -0.15) is 0 Å². The van der Waals surface area contributed by atoms with Gasteiger partial charge in [-0.3, -0.25) is 0 Å². The van der Waals surface area contributed by atoms with Gasteiger partial charge in [0.25, 0.3) is 0 Å². The molecule has 2 aromatic rings. The normalized spacial score (nSPS) is 23.4. The van der Waals surface area contributed by atoms with Crippen LogP contribution in [0.25, 0.3) is 0 Å². The van der Waals surface area contributed by atoms with Gasteiger partial charge in [0, 0.05) is 5.92 Å². The van der Waals surface area contributed by atoms with Gasteiger partial charge in [0.15, 0.2) is 0 Å². The molecule has 1 aliphatic carbocycles. The van der Waals surface area contributed by atoms with Crippen molar-refractivity contribution in [2.45, 2.75) is 44.3 Å². The van der Waals surface area contributed by atoms with Crippen molar-refractivity contribution in [2.24, 2.45) is 0 Å². The monoisotopic (exact) mass is 256 g/mol. The summed E-state index contributed by atoms with van der Waals surface area (Å²) < 4.78 is 11.4. The Hall–Kier alpha value is -1.54. The zero-order valence-corrected chi connectivity index (χ0v) is 11.1. The molecule has 2 nitrogen and oxygen atoms in total. The van der Waals surface area contributed by atoms with Gasteiger partial charge in [-0.15, -0.1) is 0 Å². The van der Waals surface area contributed by atoms with E-state index in [0.29, 0.717) is 18.6 Å². The zero-order chi connectivity index (χ0) is 12.9. The van der Waals surface area contributed by atoms with Crippen LogP contribution in [0, 0.1) is 0 Å². The van der Waals surface area contributed by atoms with E-state index in [2.05, 4.69) is 30.3 Å². The molecule has 0 unspecified atom stereocenters. The predicted octanol–water partition coefficient (Wildman–Crippen LogP) is 4.52. The first-order chi connectivity index (χ1) is 9.43. The number of benzene rings is 1. The van der Waals surface area contributed by atoms with Crippen LogP contribution >= 0.6 is 0 Å². The Bertz CT molecular complexity index is 475. The maximum absolute atomic E-state index is 6.16. The highest BCUT2D eigenvalue weighted by molar-refractivity contribution is 5.16. The summed E-state index contributed by atoms with van der Waals surface area (Å²) in [5.41, 5.74) is 2.54. The number of rotatable bonds is 4. The summed E-state index contributed by atoms with van der Waals surface area (Å²) in [4.78, 5) is 0. The van der Waals surface area contributed by atoms with Gasteiger partial charge in [-0.1, -0.05) is 43.2 Å². The highest BCUT2D eigenvalue weighted by Gasteiger charge is 2.27. The Morgan fingerprint density at radius 2 is 1.89 bits per heavy atom. The molecular formula is C17H20O2. The van der Waals surface area contributed by atoms with Crippen LogP contribution in [0.1, 0.15) is 42.7 Å². The maximum Gasteiger partial charge on any atom is 0.0938 e. The lowest BCUT2D eigenvalue weighted by Gasteiger charge is -2.31. The van der Waals surface area contributed by atoms with Crippen LogP contribution in [0.5, 0.6) is 0 Å². The van der Waals surface area contributed by atoms with E-state index in [-0.39, 0.29) is 0 Å². The molecule has 0 radical (unpaired) electrons. The fourth-order valence-corrected chi connectivity index (χ4v) is 2.94. The third kappa shape index (κ3) is 3.07. The second-order valence-corrected chi connectivity index (χ2v) is 5.28. The van der Waals surface area contributed by atoms with Gasteiger partial charge in [-0.25, -0.2) is 0 Å². The van der Waals surface area contributed by atoms with E-state index in [1.54, 1.807) is 6.26 Å². The third-order valence-electron chi connectivity index (χ3n) is 3.98. The van der Waals surface area contributed by atoms with Gasteiger partial charge < -0.3 is 9.15 Å². The first-order valence-corrected chi connectivity index (χ1v) is 7.11. The minimum Gasteiger partial charge on any atom is -0.472 e. The average Bonchev–Trinajstić information content (AvgIpc) is 3.01. The molecule has 100 valence electrons. The van der Waals surface area contributed by atoms with Crippen LogP contribution in [0.2, 0.25) is 0 Å². The fraction of sp³-hybridized carbons (Fsp3) is 0.412. The SMILES string of the molecule is c1ccc(CO[C@H]2CCCC[C@@H]2c2ccoc2)cc1. The second-order valence-electron chi connectivity index (χ2n) is 5.28. The smallest absolute Gasteiger partial charge is 0.0938 e. The lowest BCUT2D eigenvalue weighted by atomic mass is 9.82. The van der Waals surface area contributed by atoms with Gasteiger partial charge in [-0.05, 0) is 30.0 Å². The third-order valence-corrected chi connectivity index (χ3v) is 3.98. The number of ether oxygens (including phenoxy) is 1. The fourth-order valence-electron chi connectivity index (χ4n) is 2.94. The zero-order valence-electron chi connectivity index (χ0n) is 11.1. The van der Waals surface area contributed by atoms with Gasteiger partial charge in [0.05, 0.1) is 25.2 Å². The second kappa shape index (κ2) is 6.07. The minimum absolute atomic E-state index is 0.326. The van der Waals surface area contributed by atoms with Crippen molar-refractivity contribution in [1.29, 1.82) is 0 Å². The van der Waals surface area contributed by atoms with E-state index >= 15 is 0 Å². The number of hydrogen-bond donors (Lipinski definition) is 0. The molecule has 2 atom stereocenters. The van der Waals surface area contributed by atoms with Gasteiger partial charge in [0.2, 0.25) is 0 Å². The van der Waals surface area contributed by atoms with Crippen molar-refractivity contribution in [1.82, 2.24) is 0 Å². The van der Waals surface area contributed by atoms with Crippen LogP contribution in [-0.4, -0.2) is 6.10 Å². The van der Waals surface area contributed by atoms with E-state index in [1.807, 2.05) is 12.3 Å². The molecule has 0 saturated heterocycles. The van der Waals surface area contributed by atoms with Crippen LogP contribution in [0.4, 0.5) is 0 Å². The highest BCUT2D eigenvalue weighted by atomic mass is 16.5. The summed E-state index contributed by atoms with van der Waals surface area (Å²) in [6.07, 6.45) is 8.88. The Balaban J connectivity index is 1.64. The van der Waals surface area contributed by atoms with Crippen LogP contribution in [0.3, 0.4) is 0 Å². The lowest BCUT2D eigenvalue weighted by molar-refractivity contribution is 0.00186. The van der Waals surface area contributed by atoms with Crippen molar-refractivity contribution in [3.63, 3.8) is 0 Å². The van der Waals surface area contributed by atoms with Gasteiger partial charge in [0.1, 0.15) is 0 Å². The molecule has 19 heavy (non-hydrogen) atoms. The van der Waals surface area contributed by atoms with Crippen molar-refractivity contribution in [3.8, 4) is 0 Å². The molecule has 1 aromatic heterocycles. The molecule has 0 amide bonds. The number of furan rings is 1. The highest BCUT2D eigenvalue weighted by Crippen LogP contribution is 2.35. The minimum atomic E-state index is 0.326. The van der Waals surface area contributed by atoms with Crippen molar-refractivity contribution < 1.29 is 9.15 Å². The summed E-state index contributed by atoms with van der Waals surface area (Å²) in [6.45, 7) is 0.708. The molecule has 0 bridgehead atoms. The van der Waals surface area contributed by atoms with Crippen molar-refractivity contribution in [2.75, 3.05) is 0 Å². The largest absolute Gasteiger partial charge is 0.472 e. The molecular weight excluding hydrogens is 236 g/mol. The lowest BCUT2D eigenvalue weighted by Crippen LogP contribution is -2.25. The maximum atomic E-state index is 6.16. The van der Waals surface area contributed by atoms with E-state index in [0.717, 1.165) is 6.42 Å². The van der Waals surface area contributed by atoms with Crippen LogP contribution < -0.4 is 0 Å². The summed E-state index contributed by atoms with van der Waals surface area (Å²) in [5.74, 6) is 0.496. The molecule has 0 N–H and O–H groups in total. The van der Waals surface area contributed by atoms with Gasteiger partial charge >= 0.3 is 0 Å². The standard InChI is InChI=1S/C17H20O2/c1-2-6-14(7-3-1)12-19-17-9-5-4-8-16(17)15-10-11-18-13-15/h1-3,6-7,10-11,13,16-17H,4-5,8-9,12H2/t16-,17+/m1/s1. The molecule has 1 aromatic carbocycles. The summed E-state index contributed by atoms with van der Waals surface area (Å²) in [7, 11) is 0. The van der Waals surface area contributed by atoms with Crippen LogP contribution in [-0.2, 0) is 11.3 Å². The van der Waals surface area contributed by atoms with E-state index < -0.39 is 0 Å². The van der Waals surface area contributed by atoms with Crippen molar-refractivity contribution >= 4 is 0 Å². The summed E-state index contributed by atoms with van der Waals surface area (Å²) in [6, 6.07) is 12.5. The number of hydrogen-bond acceptors (Lipinski definition) is 2. The quantitative estimate of drug-likeness (QED) is 0.802. The molecule has 0 aliphatic heterocycles. The molecule has 3 rings (SSSR count). The molecule has 2 heteroatoms.